The summed E-state index contributed by atoms with van der Waals surface area (Å²) in [4.78, 5) is 4.32. The molecule has 0 spiro atoms. The van der Waals surface area contributed by atoms with E-state index >= 15 is 0 Å². The van der Waals surface area contributed by atoms with Crippen LogP contribution in [0.15, 0.2) is 59.5 Å². The molecule has 1 aromatic carbocycles. The van der Waals surface area contributed by atoms with Crippen molar-refractivity contribution in [2.75, 3.05) is 5.73 Å². The number of nitrogens with zero attached hydrogens (tertiary/aromatic N) is 6. The number of fused-ring (bicyclic) bond motifs is 1. The van der Waals surface area contributed by atoms with Crippen LogP contribution < -0.4 is 5.73 Å². The molecule has 4 heterocycles. The van der Waals surface area contributed by atoms with Crippen LogP contribution in [0.25, 0.3) is 33.4 Å². The van der Waals surface area contributed by atoms with Gasteiger partial charge in [-0.25, -0.2) is 4.98 Å². The molecule has 0 atom stereocenters. The van der Waals surface area contributed by atoms with Gasteiger partial charge in [-0.3, -0.25) is 9.36 Å². The highest BCUT2D eigenvalue weighted by atomic mass is 16.5. The van der Waals surface area contributed by atoms with Gasteiger partial charge in [-0.15, -0.1) is 0 Å². The van der Waals surface area contributed by atoms with Gasteiger partial charge in [0.05, 0.1) is 29.2 Å². The highest BCUT2D eigenvalue weighted by Gasteiger charge is 2.35. The first-order valence-corrected chi connectivity index (χ1v) is 11.3. The molecule has 0 aliphatic heterocycles. The maximum atomic E-state index is 6.33. The quantitative estimate of drug-likeness (QED) is 0.398. The SMILES string of the molecule is CC(C)n1nc(-c2noc(C3CC3)c2-c2cnn(Cc3ccccc3)c2)c2c(N)nccc21. The summed E-state index contributed by atoms with van der Waals surface area (Å²) in [7, 11) is 0. The fourth-order valence-electron chi connectivity index (χ4n) is 4.39. The summed E-state index contributed by atoms with van der Waals surface area (Å²) in [6.07, 6.45) is 7.86. The summed E-state index contributed by atoms with van der Waals surface area (Å²) >= 11 is 0. The zero-order valence-electron chi connectivity index (χ0n) is 18.6. The van der Waals surface area contributed by atoms with Crippen LogP contribution in [0.1, 0.15) is 50.0 Å². The first-order valence-electron chi connectivity index (χ1n) is 11.3. The smallest absolute Gasteiger partial charge is 0.148 e. The average molecular weight is 440 g/mol. The van der Waals surface area contributed by atoms with Crippen molar-refractivity contribution in [1.29, 1.82) is 0 Å². The van der Waals surface area contributed by atoms with Crippen molar-refractivity contribution in [3.05, 3.63) is 66.3 Å². The Morgan fingerprint density at radius 2 is 1.94 bits per heavy atom. The summed E-state index contributed by atoms with van der Waals surface area (Å²) in [6, 6.07) is 12.4. The first kappa shape index (κ1) is 19.7. The van der Waals surface area contributed by atoms with Gasteiger partial charge in [-0.05, 0) is 38.3 Å². The topological polar surface area (TPSA) is 101 Å². The third-order valence-corrected chi connectivity index (χ3v) is 6.14. The third-order valence-electron chi connectivity index (χ3n) is 6.14. The van der Waals surface area contributed by atoms with Crippen molar-refractivity contribution in [3.63, 3.8) is 0 Å². The number of anilines is 1. The molecule has 1 fully saturated rings. The molecule has 0 radical (unpaired) electrons. The van der Waals surface area contributed by atoms with Crippen molar-refractivity contribution in [1.82, 2.24) is 29.7 Å². The molecule has 1 saturated carbocycles. The molecule has 33 heavy (non-hydrogen) atoms. The van der Waals surface area contributed by atoms with Crippen LogP contribution in [0, 0.1) is 0 Å². The van der Waals surface area contributed by atoms with E-state index in [1.165, 1.54) is 5.56 Å². The van der Waals surface area contributed by atoms with Gasteiger partial charge in [0.25, 0.3) is 0 Å². The lowest BCUT2D eigenvalue weighted by atomic mass is 10.0. The summed E-state index contributed by atoms with van der Waals surface area (Å²) in [5.74, 6) is 1.72. The van der Waals surface area contributed by atoms with E-state index in [0.717, 1.165) is 40.6 Å². The molecule has 4 aromatic heterocycles. The van der Waals surface area contributed by atoms with Gasteiger partial charge in [0, 0.05) is 29.9 Å². The number of hydrogen-bond acceptors (Lipinski definition) is 6. The molecule has 1 aliphatic carbocycles. The van der Waals surface area contributed by atoms with Gasteiger partial charge >= 0.3 is 0 Å². The average Bonchev–Trinajstić information content (AvgIpc) is 3.21. The molecule has 8 nitrogen and oxygen atoms in total. The van der Waals surface area contributed by atoms with E-state index in [1.807, 2.05) is 39.8 Å². The number of pyridine rings is 1. The lowest BCUT2D eigenvalue weighted by Gasteiger charge is -2.06. The molecule has 0 amide bonds. The van der Waals surface area contributed by atoms with Crippen LogP contribution in [-0.4, -0.2) is 29.7 Å². The Morgan fingerprint density at radius 3 is 2.70 bits per heavy atom. The summed E-state index contributed by atoms with van der Waals surface area (Å²) < 4.78 is 9.83. The minimum Gasteiger partial charge on any atom is -0.383 e. The lowest BCUT2D eigenvalue weighted by Crippen LogP contribution is -2.02. The van der Waals surface area contributed by atoms with E-state index in [4.69, 9.17) is 15.4 Å². The number of aromatic nitrogens is 6. The maximum Gasteiger partial charge on any atom is 0.148 e. The zero-order chi connectivity index (χ0) is 22.5. The van der Waals surface area contributed by atoms with E-state index < -0.39 is 0 Å². The maximum absolute atomic E-state index is 6.33. The van der Waals surface area contributed by atoms with Crippen LogP contribution >= 0.6 is 0 Å². The minimum atomic E-state index is 0.162. The van der Waals surface area contributed by atoms with Crippen LogP contribution in [0.5, 0.6) is 0 Å². The molecule has 166 valence electrons. The number of nitrogen functional groups attached to an aromatic ring is 1. The van der Waals surface area contributed by atoms with E-state index in [0.29, 0.717) is 29.7 Å². The van der Waals surface area contributed by atoms with Crippen LogP contribution in [-0.2, 0) is 6.54 Å². The molecule has 6 rings (SSSR count). The standard InChI is InChI=1S/C25H25N7O/c1-15(2)32-19-10-11-27-25(26)21(19)22(29-32)23-20(24(33-30-23)17-8-9-17)18-12-28-31(14-18)13-16-6-4-3-5-7-16/h3-7,10-12,14-15,17H,8-9,13H2,1-2H3,(H2,26,27). The van der Waals surface area contributed by atoms with E-state index in [2.05, 4.69) is 47.4 Å². The lowest BCUT2D eigenvalue weighted by molar-refractivity contribution is 0.386. The van der Waals surface area contributed by atoms with E-state index in [9.17, 15) is 0 Å². The highest BCUT2D eigenvalue weighted by molar-refractivity contribution is 6.02. The molecule has 1 aliphatic rings. The predicted molar refractivity (Wildman–Crippen MR) is 127 cm³/mol. The fourth-order valence-corrected chi connectivity index (χ4v) is 4.39. The second-order valence-corrected chi connectivity index (χ2v) is 8.93. The number of benzene rings is 1. The van der Waals surface area contributed by atoms with Gasteiger partial charge in [0.1, 0.15) is 23.0 Å². The molecule has 0 bridgehead atoms. The number of hydrogen-bond donors (Lipinski definition) is 1. The minimum absolute atomic E-state index is 0.162. The van der Waals surface area contributed by atoms with Crippen molar-refractivity contribution >= 4 is 16.7 Å². The van der Waals surface area contributed by atoms with Gasteiger partial charge in [0.2, 0.25) is 0 Å². The van der Waals surface area contributed by atoms with Crippen molar-refractivity contribution in [2.45, 2.75) is 45.2 Å². The molecule has 0 saturated heterocycles. The number of rotatable bonds is 6. The summed E-state index contributed by atoms with van der Waals surface area (Å²) in [6.45, 7) is 4.89. The summed E-state index contributed by atoms with van der Waals surface area (Å²) in [5.41, 5.74) is 11.8. The van der Waals surface area contributed by atoms with Crippen molar-refractivity contribution in [3.8, 4) is 22.5 Å². The van der Waals surface area contributed by atoms with Gasteiger partial charge in [-0.1, -0.05) is 35.5 Å². The molecule has 2 N–H and O–H groups in total. The summed E-state index contributed by atoms with van der Waals surface area (Å²) in [5, 5.41) is 14.9. The normalized spacial score (nSPS) is 13.9. The Labute approximate surface area is 191 Å². The molecular formula is C25H25N7O. The second kappa shape index (κ2) is 7.58. The van der Waals surface area contributed by atoms with Crippen LogP contribution in [0.3, 0.4) is 0 Å². The van der Waals surface area contributed by atoms with Gasteiger partial charge < -0.3 is 10.3 Å². The zero-order valence-corrected chi connectivity index (χ0v) is 18.6. The Morgan fingerprint density at radius 1 is 1.12 bits per heavy atom. The van der Waals surface area contributed by atoms with Gasteiger partial charge in [-0.2, -0.15) is 10.2 Å². The Kier molecular flexibility index (Phi) is 4.53. The molecule has 8 heteroatoms. The molecular weight excluding hydrogens is 414 g/mol. The van der Waals surface area contributed by atoms with Crippen molar-refractivity contribution in [2.24, 2.45) is 0 Å². The Hall–Kier alpha value is -3.94. The molecule has 5 aromatic rings. The van der Waals surface area contributed by atoms with E-state index in [-0.39, 0.29) is 6.04 Å². The third kappa shape index (κ3) is 3.38. The van der Waals surface area contributed by atoms with Crippen LogP contribution in [0.4, 0.5) is 5.82 Å². The molecule has 0 unspecified atom stereocenters. The Bertz CT molecular complexity index is 1440. The van der Waals surface area contributed by atoms with Gasteiger partial charge in [0.15, 0.2) is 0 Å². The fraction of sp³-hybridized carbons (Fsp3) is 0.280. The Balaban J connectivity index is 1.50. The van der Waals surface area contributed by atoms with Crippen molar-refractivity contribution < 1.29 is 4.52 Å². The largest absolute Gasteiger partial charge is 0.383 e. The highest BCUT2D eigenvalue weighted by Crippen LogP contribution is 2.48. The van der Waals surface area contributed by atoms with E-state index in [1.54, 1.807) is 6.20 Å². The van der Waals surface area contributed by atoms with Crippen LogP contribution in [0.2, 0.25) is 0 Å². The second-order valence-electron chi connectivity index (χ2n) is 8.93. The first-order chi connectivity index (χ1) is 16.1. The number of nitrogens with two attached hydrogens (primary N) is 1. The monoisotopic (exact) mass is 439 g/mol. The predicted octanol–water partition coefficient (Wildman–Crippen LogP) is 5.04.